The molecule has 4 rings (SSSR count). The van der Waals surface area contributed by atoms with Gasteiger partial charge in [-0.05, 0) is 18.1 Å². The standard InChI is InChI=1S/C19H22N4O2/c1-25-13-15-11-22(18-10-20-7-8-21-18)12-16(15)19(24)23-9-6-14-4-2-3-5-17(14)23/h2-5,7-8,10,15-16H,6,9,11-13H2,1H3/t15-,16+/m0/s1. The third kappa shape index (κ3) is 2.98. The maximum Gasteiger partial charge on any atom is 0.232 e. The second-order valence-electron chi connectivity index (χ2n) is 6.66. The van der Waals surface area contributed by atoms with Crippen LogP contribution in [0.5, 0.6) is 0 Å². The Bertz CT molecular complexity index is 752. The number of carbonyl (C=O) groups excluding carboxylic acids is 1. The van der Waals surface area contributed by atoms with E-state index >= 15 is 0 Å². The van der Waals surface area contributed by atoms with Crippen molar-refractivity contribution >= 4 is 17.4 Å². The van der Waals surface area contributed by atoms with Gasteiger partial charge in [-0.15, -0.1) is 0 Å². The number of hydrogen-bond donors (Lipinski definition) is 0. The third-order valence-corrected chi connectivity index (χ3v) is 5.17. The number of para-hydroxylation sites is 1. The number of anilines is 2. The molecule has 130 valence electrons. The van der Waals surface area contributed by atoms with Gasteiger partial charge in [0.15, 0.2) is 0 Å². The first-order valence-corrected chi connectivity index (χ1v) is 8.67. The molecule has 6 heteroatoms. The Morgan fingerprint density at radius 1 is 1.28 bits per heavy atom. The largest absolute Gasteiger partial charge is 0.384 e. The highest BCUT2D eigenvalue weighted by Gasteiger charge is 2.41. The highest BCUT2D eigenvalue weighted by molar-refractivity contribution is 5.97. The lowest BCUT2D eigenvalue weighted by Crippen LogP contribution is -2.39. The maximum absolute atomic E-state index is 13.3. The van der Waals surface area contributed by atoms with Crippen molar-refractivity contribution in [1.29, 1.82) is 0 Å². The second kappa shape index (κ2) is 6.80. The molecule has 6 nitrogen and oxygen atoms in total. The number of benzene rings is 1. The van der Waals surface area contributed by atoms with Crippen LogP contribution in [0.15, 0.2) is 42.9 Å². The first kappa shape index (κ1) is 16.0. The van der Waals surface area contributed by atoms with Crippen molar-refractivity contribution in [1.82, 2.24) is 9.97 Å². The number of nitrogens with zero attached hydrogens (tertiary/aromatic N) is 4. The molecule has 2 aromatic rings. The molecule has 0 radical (unpaired) electrons. The summed E-state index contributed by atoms with van der Waals surface area (Å²) in [5.41, 5.74) is 2.31. The van der Waals surface area contributed by atoms with Crippen LogP contribution in [0.2, 0.25) is 0 Å². The van der Waals surface area contributed by atoms with Gasteiger partial charge >= 0.3 is 0 Å². The van der Waals surface area contributed by atoms with Crippen molar-refractivity contribution in [2.45, 2.75) is 6.42 Å². The van der Waals surface area contributed by atoms with Gasteiger partial charge in [0.25, 0.3) is 0 Å². The predicted molar refractivity (Wildman–Crippen MR) is 95.6 cm³/mol. The van der Waals surface area contributed by atoms with Crippen LogP contribution in [0.3, 0.4) is 0 Å². The predicted octanol–water partition coefficient (Wildman–Crippen LogP) is 1.76. The Balaban J connectivity index is 1.56. The molecule has 25 heavy (non-hydrogen) atoms. The van der Waals surface area contributed by atoms with Gasteiger partial charge in [0.2, 0.25) is 5.91 Å². The molecule has 0 bridgehead atoms. The zero-order valence-electron chi connectivity index (χ0n) is 14.3. The molecule has 0 aliphatic carbocycles. The van der Waals surface area contributed by atoms with E-state index in [2.05, 4.69) is 20.9 Å². The Hall–Kier alpha value is -2.47. The lowest BCUT2D eigenvalue weighted by molar-refractivity contribution is -0.123. The van der Waals surface area contributed by atoms with Crippen LogP contribution in [-0.4, -0.2) is 49.2 Å². The van der Waals surface area contributed by atoms with Gasteiger partial charge in [-0.3, -0.25) is 9.78 Å². The zero-order valence-corrected chi connectivity index (χ0v) is 14.3. The number of hydrogen-bond acceptors (Lipinski definition) is 5. The minimum atomic E-state index is -0.0897. The number of carbonyl (C=O) groups is 1. The molecule has 2 aliphatic heterocycles. The number of rotatable bonds is 4. The second-order valence-corrected chi connectivity index (χ2v) is 6.66. The Labute approximate surface area is 147 Å². The van der Waals surface area contributed by atoms with Crippen LogP contribution in [0.25, 0.3) is 0 Å². The molecule has 1 fully saturated rings. The molecular weight excluding hydrogens is 316 g/mol. The summed E-state index contributed by atoms with van der Waals surface area (Å²) >= 11 is 0. The molecule has 1 aromatic heterocycles. The summed E-state index contributed by atoms with van der Waals surface area (Å²) in [5.74, 6) is 1.08. The SMILES string of the molecule is COC[C@@H]1CN(c2cnccn2)C[C@H]1C(=O)N1CCc2ccccc21. The van der Waals surface area contributed by atoms with Gasteiger partial charge in [0.05, 0.1) is 18.7 Å². The minimum absolute atomic E-state index is 0.0897. The van der Waals surface area contributed by atoms with E-state index in [9.17, 15) is 4.79 Å². The minimum Gasteiger partial charge on any atom is -0.384 e. The van der Waals surface area contributed by atoms with E-state index in [4.69, 9.17) is 4.74 Å². The summed E-state index contributed by atoms with van der Waals surface area (Å²) in [7, 11) is 1.69. The Morgan fingerprint density at radius 3 is 2.96 bits per heavy atom. The Kier molecular flexibility index (Phi) is 4.36. The van der Waals surface area contributed by atoms with E-state index in [0.29, 0.717) is 13.2 Å². The van der Waals surface area contributed by atoms with Crippen LogP contribution >= 0.6 is 0 Å². The first-order chi connectivity index (χ1) is 12.3. The smallest absolute Gasteiger partial charge is 0.232 e. The normalized spacial score (nSPS) is 22.3. The molecule has 1 aromatic carbocycles. The van der Waals surface area contributed by atoms with Crippen LogP contribution < -0.4 is 9.80 Å². The Morgan fingerprint density at radius 2 is 2.16 bits per heavy atom. The van der Waals surface area contributed by atoms with Crippen LogP contribution in [0.1, 0.15) is 5.56 Å². The molecule has 0 unspecified atom stereocenters. The van der Waals surface area contributed by atoms with E-state index < -0.39 is 0 Å². The fourth-order valence-electron chi connectivity index (χ4n) is 3.94. The summed E-state index contributed by atoms with van der Waals surface area (Å²) in [6, 6.07) is 8.18. The van der Waals surface area contributed by atoms with Crippen LogP contribution in [-0.2, 0) is 16.0 Å². The van der Waals surface area contributed by atoms with E-state index in [1.54, 1.807) is 25.7 Å². The molecule has 2 aliphatic rings. The lowest BCUT2D eigenvalue weighted by atomic mass is 9.95. The maximum atomic E-state index is 13.3. The third-order valence-electron chi connectivity index (χ3n) is 5.17. The summed E-state index contributed by atoms with van der Waals surface area (Å²) in [6.45, 7) is 2.75. The van der Waals surface area contributed by atoms with Gasteiger partial charge < -0.3 is 14.5 Å². The van der Waals surface area contributed by atoms with Crippen molar-refractivity contribution in [3.8, 4) is 0 Å². The van der Waals surface area contributed by atoms with Crippen molar-refractivity contribution < 1.29 is 9.53 Å². The number of amides is 1. The summed E-state index contributed by atoms with van der Waals surface area (Å²) in [5, 5.41) is 0. The quantitative estimate of drug-likeness (QED) is 0.850. The molecular formula is C19H22N4O2. The van der Waals surface area contributed by atoms with Crippen molar-refractivity contribution in [3.05, 3.63) is 48.4 Å². The van der Waals surface area contributed by atoms with Gasteiger partial charge in [-0.2, -0.15) is 0 Å². The van der Waals surface area contributed by atoms with E-state index in [1.807, 2.05) is 23.1 Å². The molecule has 3 heterocycles. The molecule has 0 spiro atoms. The van der Waals surface area contributed by atoms with Crippen LogP contribution in [0, 0.1) is 11.8 Å². The fourth-order valence-corrected chi connectivity index (χ4v) is 3.94. The van der Waals surface area contributed by atoms with Crippen LogP contribution in [0.4, 0.5) is 11.5 Å². The lowest BCUT2D eigenvalue weighted by Gasteiger charge is -2.24. The summed E-state index contributed by atoms with van der Waals surface area (Å²) < 4.78 is 5.39. The van der Waals surface area contributed by atoms with E-state index in [1.165, 1.54) is 5.56 Å². The first-order valence-electron chi connectivity index (χ1n) is 8.67. The average molecular weight is 338 g/mol. The topological polar surface area (TPSA) is 58.6 Å². The van der Waals surface area contributed by atoms with Gasteiger partial charge in [-0.25, -0.2) is 4.98 Å². The van der Waals surface area contributed by atoms with Gasteiger partial charge in [0.1, 0.15) is 5.82 Å². The number of fused-ring (bicyclic) bond motifs is 1. The van der Waals surface area contributed by atoms with Gasteiger partial charge in [-0.1, -0.05) is 18.2 Å². The van der Waals surface area contributed by atoms with Gasteiger partial charge in [0, 0.05) is 50.7 Å². The highest BCUT2D eigenvalue weighted by Crippen LogP contribution is 2.33. The summed E-state index contributed by atoms with van der Waals surface area (Å²) in [6.07, 6.45) is 6.03. The highest BCUT2D eigenvalue weighted by atomic mass is 16.5. The molecule has 1 amide bonds. The molecule has 0 saturated carbocycles. The monoisotopic (exact) mass is 338 g/mol. The van der Waals surface area contributed by atoms with Crippen molar-refractivity contribution in [2.75, 3.05) is 43.2 Å². The van der Waals surface area contributed by atoms with E-state index in [-0.39, 0.29) is 17.7 Å². The summed E-state index contributed by atoms with van der Waals surface area (Å²) in [4.78, 5) is 25.9. The fraction of sp³-hybridized carbons (Fsp3) is 0.421. The van der Waals surface area contributed by atoms with Crippen molar-refractivity contribution in [2.24, 2.45) is 11.8 Å². The number of methoxy groups -OCH3 is 1. The van der Waals surface area contributed by atoms with Crippen molar-refractivity contribution in [3.63, 3.8) is 0 Å². The number of ether oxygens (including phenoxy) is 1. The zero-order chi connectivity index (χ0) is 17.2. The molecule has 1 saturated heterocycles. The average Bonchev–Trinajstić information content (AvgIpc) is 3.27. The molecule has 2 atom stereocenters. The molecule has 0 N–H and O–H groups in total. The number of aromatic nitrogens is 2. The van der Waals surface area contributed by atoms with E-state index in [0.717, 1.165) is 31.0 Å².